The predicted molar refractivity (Wildman–Crippen MR) is 84.7 cm³/mol. The first kappa shape index (κ1) is 15.7. The van der Waals surface area contributed by atoms with Gasteiger partial charge in [-0.05, 0) is 32.6 Å². The van der Waals surface area contributed by atoms with Crippen molar-refractivity contribution >= 4 is 22.4 Å². The number of anilines is 1. The fourth-order valence-electron chi connectivity index (χ4n) is 3.83. The summed E-state index contributed by atoms with van der Waals surface area (Å²) in [6.45, 7) is 2.57. The first-order valence-corrected chi connectivity index (χ1v) is 8.51. The van der Waals surface area contributed by atoms with Gasteiger partial charge in [-0.25, -0.2) is 4.98 Å². The van der Waals surface area contributed by atoms with Crippen molar-refractivity contribution in [3.63, 3.8) is 0 Å². The van der Waals surface area contributed by atoms with E-state index in [1.54, 1.807) is 7.11 Å². The van der Waals surface area contributed by atoms with Gasteiger partial charge in [0.2, 0.25) is 5.91 Å². The number of carbonyl (C=O) groups is 1. The molecule has 3 rings (SSSR count). The standard InChI is InChI=1S/C15H23N3O3S/c1-9-11(22-14(16)17-9)8-13(20)18-6-5-15(21-2)4-3-10(19)7-12(15)18/h10,12,19H,3-8H2,1-2H3,(H2,16,17)/t10-,12-,15+/m0/s1. The Balaban J connectivity index is 1.76. The smallest absolute Gasteiger partial charge is 0.228 e. The van der Waals surface area contributed by atoms with Crippen LogP contribution in [0.3, 0.4) is 0 Å². The van der Waals surface area contributed by atoms with Crippen molar-refractivity contribution in [3.8, 4) is 0 Å². The van der Waals surface area contributed by atoms with E-state index in [4.69, 9.17) is 10.5 Å². The van der Waals surface area contributed by atoms with Gasteiger partial charge >= 0.3 is 0 Å². The van der Waals surface area contributed by atoms with Crippen molar-refractivity contribution in [2.45, 2.75) is 56.8 Å². The Morgan fingerprint density at radius 1 is 1.59 bits per heavy atom. The van der Waals surface area contributed by atoms with Crippen LogP contribution in [0.1, 0.15) is 36.3 Å². The number of methoxy groups -OCH3 is 1. The molecule has 0 aromatic carbocycles. The lowest BCUT2D eigenvalue weighted by molar-refractivity contribution is -0.139. The average Bonchev–Trinajstić information content (AvgIpc) is 2.99. The molecule has 1 saturated heterocycles. The van der Waals surface area contributed by atoms with Gasteiger partial charge in [0.05, 0.1) is 29.9 Å². The normalized spacial score (nSPS) is 31.3. The van der Waals surface area contributed by atoms with Crippen molar-refractivity contribution < 1.29 is 14.6 Å². The second-order valence-corrected chi connectivity index (χ2v) is 7.40. The number of fused-ring (bicyclic) bond motifs is 1. The minimum absolute atomic E-state index is 0.0284. The Hall–Kier alpha value is -1.18. The first-order valence-electron chi connectivity index (χ1n) is 7.69. The number of nitrogens with zero attached hydrogens (tertiary/aromatic N) is 2. The van der Waals surface area contributed by atoms with Crippen molar-refractivity contribution in [2.75, 3.05) is 19.4 Å². The fourth-order valence-corrected chi connectivity index (χ4v) is 4.65. The van der Waals surface area contributed by atoms with Crippen LogP contribution >= 0.6 is 11.3 Å². The van der Waals surface area contributed by atoms with Gasteiger partial charge in [0.15, 0.2) is 5.13 Å². The van der Waals surface area contributed by atoms with E-state index in [2.05, 4.69) is 4.98 Å². The molecule has 0 bridgehead atoms. The molecule has 2 fully saturated rings. The van der Waals surface area contributed by atoms with Crippen molar-refractivity contribution in [1.29, 1.82) is 0 Å². The predicted octanol–water partition coefficient (Wildman–Crippen LogP) is 1.11. The first-order chi connectivity index (χ1) is 10.4. The topological polar surface area (TPSA) is 88.7 Å². The fraction of sp³-hybridized carbons (Fsp3) is 0.733. The molecule has 3 atom stereocenters. The van der Waals surface area contributed by atoms with Gasteiger partial charge in [0.1, 0.15) is 0 Å². The zero-order valence-electron chi connectivity index (χ0n) is 13.0. The van der Waals surface area contributed by atoms with Crippen LogP contribution in [0.15, 0.2) is 0 Å². The molecule has 7 heteroatoms. The SMILES string of the molecule is CO[C@@]12CC[C@H](O)C[C@@H]1N(C(=O)Cc1sc(N)nc1C)CC2. The summed E-state index contributed by atoms with van der Waals surface area (Å²) in [4.78, 5) is 19.7. The van der Waals surface area contributed by atoms with E-state index in [-0.39, 0.29) is 23.7 Å². The molecule has 0 radical (unpaired) electrons. The summed E-state index contributed by atoms with van der Waals surface area (Å²) in [6, 6.07) is -0.0284. The highest BCUT2D eigenvalue weighted by Crippen LogP contribution is 2.42. The maximum absolute atomic E-state index is 12.7. The molecule has 6 nitrogen and oxygen atoms in total. The van der Waals surface area contributed by atoms with Crippen LogP contribution in [0.5, 0.6) is 0 Å². The van der Waals surface area contributed by atoms with E-state index in [1.165, 1.54) is 11.3 Å². The number of hydrogen-bond donors (Lipinski definition) is 2. The molecule has 1 saturated carbocycles. The lowest BCUT2D eigenvalue weighted by Crippen LogP contribution is -2.53. The molecule has 2 aliphatic rings. The molecule has 0 unspecified atom stereocenters. The third kappa shape index (κ3) is 2.61. The van der Waals surface area contributed by atoms with Crippen LogP contribution in [0.2, 0.25) is 0 Å². The number of amides is 1. The Bertz CT molecular complexity index is 576. The van der Waals surface area contributed by atoms with Crippen molar-refractivity contribution in [3.05, 3.63) is 10.6 Å². The number of thiazole rings is 1. The molecule has 1 aromatic rings. The van der Waals surface area contributed by atoms with Gasteiger partial charge in [-0.15, -0.1) is 11.3 Å². The number of ether oxygens (including phenoxy) is 1. The van der Waals surface area contributed by atoms with Crippen LogP contribution in [-0.4, -0.2) is 52.3 Å². The number of likely N-dealkylation sites (tertiary alicyclic amines) is 1. The molecule has 2 heterocycles. The highest BCUT2D eigenvalue weighted by Gasteiger charge is 2.52. The maximum Gasteiger partial charge on any atom is 0.228 e. The molecule has 0 spiro atoms. The molecule has 1 aliphatic carbocycles. The largest absolute Gasteiger partial charge is 0.393 e. The van der Waals surface area contributed by atoms with Crippen LogP contribution in [-0.2, 0) is 16.0 Å². The average molecular weight is 325 g/mol. The van der Waals surface area contributed by atoms with E-state index in [0.29, 0.717) is 24.5 Å². The zero-order chi connectivity index (χ0) is 15.9. The van der Waals surface area contributed by atoms with E-state index >= 15 is 0 Å². The van der Waals surface area contributed by atoms with Crippen LogP contribution in [0.25, 0.3) is 0 Å². The Kier molecular flexibility index (Phi) is 4.13. The van der Waals surface area contributed by atoms with E-state index in [9.17, 15) is 9.90 Å². The minimum atomic E-state index is -0.345. The Morgan fingerprint density at radius 3 is 3.00 bits per heavy atom. The van der Waals surface area contributed by atoms with Gasteiger partial charge in [0.25, 0.3) is 0 Å². The van der Waals surface area contributed by atoms with Gasteiger partial charge < -0.3 is 20.5 Å². The summed E-state index contributed by atoms with van der Waals surface area (Å²) in [5, 5.41) is 10.5. The van der Waals surface area contributed by atoms with Crippen molar-refractivity contribution in [2.24, 2.45) is 0 Å². The number of nitrogens with two attached hydrogens (primary N) is 1. The summed E-state index contributed by atoms with van der Waals surface area (Å²) in [5.41, 5.74) is 6.25. The molecule has 1 aromatic heterocycles. The summed E-state index contributed by atoms with van der Waals surface area (Å²) >= 11 is 1.37. The summed E-state index contributed by atoms with van der Waals surface area (Å²) < 4.78 is 5.77. The summed E-state index contributed by atoms with van der Waals surface area (Å²) in [5.74, 6) is 0.0739. The third-order valence-electron chi connectivity index (χ3n) is 5.10. The van der Waals surface area contributed by atoms with Gasteiger partial charge in [0, 0.05) is 18.5 Å². The quantitative estimate of drug-likeness (QED) is 0.869. The Morgan fingerprint density at radius 2 is 2.36 bits per heavy atom. The molecule has 1 amide bonds. The second kappa shape index (κ2) is 5.79. The number of aliphatic hydroxyl groups excluding tert-OH is 1. The molecule has 1 aliphatic heterocycles. The van der Waals surface area contributed by atoms with Crippen LogP contribution in [0.4, 0.5) is 5.13 Å². The molecular formula is C15H23N3O3S. The molecule has 122 valence electrons. The van der Waals surface area contributed by atoms with E-state index in [1.807, 2.05) is 11.8 Å². The second-order valence-electron chi connectivity index (χ2n) is 6.29. The van der Waals surface area contributed by atoms with Crippen LogP contribution in [0, 0.1) is 6.92 Å². The number of carbonyl (C=O) groups excluding carboxylic acids is 1. The zero-order valence-corrected chi connectivity index (χ0v) is 13.9. The van der Waals surface area contributed by atoms with Gasteiger partial charge in [-0.1, -0.05) is 0 Å². The lowest BCUT2D eigenvalue weighted by atomic mass is 9.79. The number of aliphatic hydroxyl groups is 1. The van der Waals surface area contributed by atoms with Crippen molar-refractivity contribution in [1.82, 2.24) is 9.88 Å². The Labute approximate surface area is 134 Å². The molecule has 22 heavy (non-hydrogen) atoms. The number of rotatable bonds is 3. The summed E-state index contributed by atoms with van der Waals surface area (Å²) in [6.07, 6.45) is 2.98. The van der Waals surface area contributed by atoms with E-state index < -0.39 is 0 Å². The number of nitrogen functional groups attached to an aromatic ring is 1. The lowest BCUT2D eigenvalue weighted by Gasteiger charge is -2.42. The number of aryl methyl sites for hydroxylation is 1. The maximum atomic E-state index is 12.7. The highest BCUT2D eigenvalue weighted by molar-refractivity contribution is 7.15. The minimum Gasteiger partial charge on any atom is -0.393 e. The molecule has 3 N–H and O–H groups in total. The highest BCUT2D eigenvalue weighted by atomic mass is 32.1. The number of aromatic nitrogens is 1. The van der Waals surface area contributed by atoms with Gasteiger partial charge in [-0.2, -0.15) is 0 Å². The molecular weight excluding hydrogens is 302 g/mol. The number of hydrogen-bond acceptors (Lipinski definition) is 6. The van der Waals surface area contributed by atoms with Crippen LogP contribution < -0.4 is 5.73 Å². The van der Waals surface area contributed by atoms with E-state index in [0.717, 1.165) is 29.8 Å². The van der Waals surface area contributed by atoms with Gasteiger partial charge in [-0.3, -0.25) is 4.79 Å². The summed E-state index contributed by atoms with van der Waals surface area (Å²) in [7, 11) is 1.71. The third-order valence-corrected chi connectivity index (χ3v) is 6.09. The monoisotopic (exact) mass is 325 g/mol.